The number of amides is 2. The first-order valence-corrected chi connectivity index (χ1v) is 16.8. The zero-order valence-corrected chi connectivity index (χ0v) is 26.9. The van der Waals surface area contributed by atoms with Gasteiger partial charge in [0.25, 0.3) is 10.0 Å². The van der Waals surface area contributed by atoms with Crippen molar-refractivity contribution in [3.63, 3.8) is 0 Å². The number of benzene rings is 3. The molecule has 1 N–H and O–H groups in total. The van der Waals surface area contributed by atoms with Gasteiger partial charge in [0.1, 0.15) is 12.6 Å². The number of hydrogen-bond acceptors (Lipinski definition) is 4. The highest BCUT2D eigenvalue weighted by atomic mass is 32.2. The Balaban J connectivity index is 1.73. The Hall–Kier alpha value is -3.65. The summed E-state index contributed by atoms with van der Waals surface area (Å²) >= 11 is 0. The minimum atomic E-state index is -4.11. The number of anilines is 1. The van der Waals surface area contributed by atoms with Crippen molar-refractivity contribution in [3.05, 3.63) is 94.5 Å². The molecule has 43 heavy (non-hydrogen) atoms. The molecule has 8 heteroatoms. The fourth-order valence-corrected chi connectivity index (χ4v) is 7.18. The molecule has 3 aromatic rings. The Kier molecular flexibility index (Phi) is 10.7. The van der Waals surface area contributed by atoms with E-state index in [4.69, 9.17) is 0 Å². The van der Waals surface area contributed by atoms with Gasteiger partial charge in [0.15, 0.2) is 0 Å². The maximum absolute atomic E-state index is 14.4. The molecular weight excluding hydrogens is 558 g/mol. The van der Waals surface area contributed by atoms with Crippen LogP contribution in [0.15, 0.2) is 71.6 Å². The third-order valence-electron chi connectivity index (χ3n) is 8.54. The Labute approximate surface area is 257 Å². The van der Waals surface area contributed by atoms with Gasteiger partial charge in [-0.05, 0) is 81.8 Å². The van der Waals surface area contributed by atoms with E-state index in [2.05, 4.69) is 5.32 Å². The molecule has 4 rings (SSSR count). The number of sulfonamides is 1. The predicted molar refractivity (Wildman–Crippen MR) is 172 cm³/mol. The summed E-state index contributed by atoms with van der Waals surface area (Å²) in [6.07, 6.45) is 5.60. The second-order valence-corrected chi connectivity index (χ2v) is 13.7. The minimum Gasteiger partial charge on any atom is -0.352 e. The summed E-state index contributed by atoms with van der Waals surface area (Å²) in [7, 11) is -4.11. The molecule has 1 aliphatic rings. The Morgan fingerprint density at radius 1 is 0.860 bits per heavy atom. The van der Waals surface area contributed by atoms with Crippen LogP contribution in [-0.2, 0) is 26.2 Å². The number of carbonyl (C=O) groups is 2. The van der Waals surface area contributed by atoms with E-state index >= 15 is 0 Å². The van der Waals surface area contributed by atoms with Gasteiger partial charge in [-0.2, -0.15) is 0 Å². The molecule has 0 spiro atoms. The number of carbonyl (C=O) groups excluding carboxylic acids is 2. The monoisotopic (exact) mass is 603 g/mol. The summed E-state index contributed by atoms with van der Waals surface area (Å²) in [5.41, 5.74) is 5.05. The van der Waals surface area contributed by atoms with Gasteiger partial charge >= 0.3 is 0 Å². The first-order valence-electron chi connectivity index (χ1n) is 15.3. The molecule has 0 unspecified atom stereocenters. The van der Waals surface area contributed by atoms with E-state index in [0.717, 1.165) is 53.5 Å². The molecule has 1 atom stereocenters. The fourth-order valence-electron chi connectivity index (χ4n) is 5.71. The summed E-state index contributed by atoms with van der Waals surface area (Å²) in [6, 6.07) is 19.3. The molecular formula is C35H45N3O4S. The maximum atomic E-state index is 14.4. The third-order valence-corrected chi connectivity index (χ3v) is 10.3. The summed E-state index contributed by atoms with van der Waals surface area (Å²) < 4.78 is 29.6. The van der Waals surface area contributed by atoms with Crippen molar-refractivity contribution in [3.8, 4) is 0 Å². The van der Waals surface area contributed by atoms with Crippen LogP contribution >= 0.6 is 0 Å². The van der Waals surface area contributed by atoms with Crippen LogP contribution < -0.4 is 9.62 Å². The van der Waals surface area contributed by atoms with Gasteiger partial charge in [0, 0.05) is 12.6 Å². The molecule has 2 amide bonds. The van der Waals surface area contributed by atoms with Gasteiger partial charge < -0.3 is 10.2 Å². The topological polar surface area (TPSA) is 86.8 Å². The van der Waals surface area contributed by atoms with E-state index in [1.54, 1.807) is 41.3 Å². The second kappa shape index (κ2) is 14.2. The highest BCUT2D eigenvalue weighted by molar-refractivity contribution is 7.92. The van der Waals surface area contributed by atoms with Gasteiger partial charge in [-0.15, -0.1) is 0 Å². The molecule has 1 aliphatic carbocycles. The van der Waals surface area contributed by atoms with Crippen molar-refractivity contribution in [1.29, 1.82) is 0 Å². The van der Waals surface area contributed by atoms with Gasteiger partial charge in [0.05, 0.1) is 10.6 Å². The van der Waals surface area contributed by atoms with Gasteiger partial charge in [-0.3, -0.25) is 13.9 Å². The van der Waals surface area contributed by atoms with E-state index in [0.29, 0.717) is 12.1 Å². The molecule has 1 saturated carbocycles. The average Bonchev–Trinajstić information content (AvgIpc) is 2.99. The van der Waals surface area contributed by atoms with Crippen molar-refractivity contribution in [2.75, 3.05) is 10.8 Å². The zero-order valence-electron chi connectivity index (χ0n) is 26.1. The van der Waals surface area contributed by atoms with E-state index in [1.807, 2.05) is 65.0 Å². The molecule has 0 saturated heterocycles. The van der Waals surface area contributed by atoms with Crippen molar-refractivity contribution in [2.24, 2.45) is 0 Å². The first kappa shape index (κ1) is 32.3. The molecule has 1 fully saturated rings. The zero-order chi connectivity index (χ0) is 31.1. The smallest absolute Gasteiger partial charge is 0.264 e. The predicted octanol–water partition coefficient (Wildman–Crippen LogP) is 6.37. The molecule has 0 aromatic heterocycles. The lowest BCUT2D eigenvalue weighted by Crippen LogP contribution is -2.54. The molecule has 7 nitrogen and oxygen atoms in total. The highest BCUT2D eigenvalue weighted by Gasteiger charge is 2.35. The number of aryl methyl sites for hydroxylation is 3. The van der Waals surface area contributed by atoms with Gasteiger partial charge in [-0.1, -0.05) is 85.8 Å². The average molecular weight is 604 g/mol. The minimum absolute atomic E-state index is 0.0972. The fraction of sp³-hybridized carbons (Fsp3) is 0.429. The van der Waals surface area contributed by atoms with Gasteiger partial charge in [0.2, 0.25) is 11.8 Å². The van der Waals surface area contributed by atoms with Gasteiger partial charge in [-0.25, -0.2) is 8.42 Å². The van der Waals surface area contributed by atoms with Crippen LogP contribution in [0.1, 0.15) is 73.3 Å². The number of nitrogens with one attached hydrogen (secondary N) is 1. The van der Waals surface area contributed by atoms with E-state index in [1.165, 1.54) is 10.7 Å². The Morgan fingerprint density at radius 3 is 2.07 bits per heavy atom. The van der Waals surface area contributed by atoms with Crippen molar-refractivity contribution in [1.82, 2.24) is 10.2 Å². The first-order chi connectivity index (χ1) is 20.5. The van der Waals surface area contributed by atoms with Crippen molar-refractivity contribution >= 4 is 27.5 Å². The quantitative estimate of drug-likeness (QED) is 0.276. The molecule has 3 aromatic carbocycles. The summed E-state index contributed by atoms with van der Waals surface area (Å²) in [4.78, 5) is 29.7. The van der Waals surface area contributed by atoms with Crippen molar-refractivity contribution < 1.29 is 18.0 Å². The van der Waals surface area contributed by atoms with E-state index in [-0.39, 0.29) is 23.4 Å². The largest absolute Gasteiger partial charge is 0.352 e. The SMILES string of the molecule is CC[C@@H](C(=O)NC1CCCCC1)N(Cc1ccc(C)cc1)C(=O)CN(c1cccc(C)c1C)S(=O)(=O)c1ccc(C)cc1. The molecule has 230 valence electrons. The van der Waals surface area contributed by atoms with Crippen LogP contribution in [0.3, 0.4) is 0 Å². The van der Waals surface area contributed by atoms with Crippen LogP contribution in [-0.4, -0.2) is 43.8 Å². The van der Waals surface area contributed by atoms with Crippen LogP contribution in [0.2, 0.25) is 0 Å². The third kappa shape index (κ3) is 7.85. The number of rotatable bonds is 11. The molecule has 0 heterocycles. The maximum Gasteiger partial charge on any atom is 0.264 e. The van der Waals surface area contributed by atoms with Crippen LogP contribution in [0.5, 0.6) is 0 Å². The lowest BCUT2D eigenvalue weighted by Gasteiger charge is -2.35. The normalized spacial score (nSPS) is 14.6. The van der Waals surface area contributed by atoms with E-state index < -0.39 is 28.5 Å². The second-order valence-electron chi connectivity index (χ2n) is 11.8. The number of nitrogens with zero attached hydrogens (tertiary/aromatic N) is 2. The lowest BCUT2D eigenvalue weighted by atomic mass is 9.95. The molecule has 0 bridgehead atoms. The highest BCUT2D eigenvalue weighted by Crippen LogP contribution is 2.29. The van der Waals surface area contributed by atoms with Crippen LogP contribution in [0.25, 0.3) is 0 Å². The Bertz CT molecular complexity index is 1510. The summed E-state index contributed by atoms with van der Waals surface area (Å²) in [6.45, 7) is 9.34. The number of hydrogen-bond donors (Lipinski definition) is 1. The molecule has 0 radical (unpaired) electrons. The van der Waals surface area contributed by atoms with Crippen LogP contribution in [0, 0.1) is 27.7 Å². The van der Waals surface area contributed by atoms with E-state index in [9.17, 15) is 18.0 Å². The standard InChI is InChI=1S/C35H45N3O4S/c1-6-32(35(40)36-30-12-8-7-9-13-30)37(23-29-19-15-25(2)16-20-29)34(39)24-38(33-14-10-11-27(4)28(33)5)43(41,42)31-21-17-26(3)18-22-31/h10-11,14-22,30,32H,6-9,12-13,23-24H2,1-5H3,(H,36,40)/t32-/m0/s1. The van der Waals surface area contributed by atoms with Crippen molar-refractivity contribution in [2.45, 2.75) is 96.7 Å². The molecule has 0 aliphatic heterocycles. The Morgan fingerprint density at radius 2 is 1.47 bits per heavy atom. The summed E-state index contributed by atoms with van der Waals surface area (Å²) in [5.74, 6) is -0.614. The summed E-state index contributed by atoms with van der Waals surface area (Å²) in [5, 5.41) is 3.20. The van der Waals surface area contributed by atoms with Crippen LogP contribution in [0.4, 0.5) is 5.69 Å². The lowest BCUT2D eigenvalue weighted by molar-refractivity contribution is -0.140.